The smallest absolute Gasteiger partial charge is 0.255 e. The Bertz CT molecular complexity index is 1170. The van der Waals surface area contributed by atoms with E-state index in [-0.39, 0.29) is 5.91 Å². The molecule has 0 bridgehead atoms. The second-order valence-electron chi connectivity index (χ2n) is 6.30. The number of aromatic nitrogens is 2. The van der Waals surface area contributed by atoms with Crippen LogP contribution in [0.15, 0.2) is 79.3 Å². The molecule has 0 spiro atoms. The number of benzene rings is 3. The normalized spacial score (nSPS) is 10.7. The lowest BCUT2D eigenvalue weighted by atomic mass is 10.1. The van der Waals surface area contributed by atoms with Crippen molar-refractivity contribution in [2.75, 3.05) is 5.32 Å². The van der Waals surface area contributed by atoms with Crippen molar-refractivity contribution in [3.8, 4) is 16.9 Å². The Labute approximate surface area is 182 Å². The number of rotatable bonds is 4. The van der Waals surface area contributed by atoms with E-state index in [4.69, 9.17) is 34.8 Å². The first kappa shape index (κ1) is 19.5. The Balaban J connectivity index is 1.50. The van der Waals surface area contributed by atoms with Crippen molar-refractivity contribution < 1.29 is 4.79 Å². The highest BCUT2D eigenvalue weighted by Crippen LogP contribution is 2.27. The van der Waals surface area contributed by atoms with Crippen molar-refractivity contribution in [2.45, 2.75) is 0 Å². The second-order valence-corrected chi connectivity index (χ2v) is 7.58. The maximum absolute atomic E-state index is 12.3. The molecule has 0 aliphatic rings. The van der Waals surface area contributed by atoms with Gasteiger partial charge in [0.25, 0.3) is 5.91 Å². The average Bonchev–Trinajstić information content (AvgIpc) is 3.19. The van der Waals surface area contributed by atoms with Crippen LogP contribution < -0.4 is 5.32 Å². The highest BCUT2D eigenvalue weighted by Gasteiger charge is 2.09. The maximum Gasteiger partial charge on any atom is 0.255 e. The largest absolute Gasteiger partial charge is 0.322 e. The Kier molecular flexibility index (Phi) is 5.58. The monoisotopic (exact) mass is 441 g/mol. The van der Waals surface area contributed by atoms with Crippen LogP contribution in [0.5, 0.6) is 0 Å². The van der Waals surface area contributed by atoms with Crippen LogP contribution in [0.1, 0.15) is 10.4 Å². The minimum absolute atomic E-state index is 0.198. The highest BCUT2D eigenvalue weighted by molar-refractivity contribution is 6.35. The summed E-state index contributed by atoms with van der Waals surface area (Å²) in [5, 5.41) is 4.57. The van der Waals surface area contributed by atoms with Gasteiger partial charge in [-0.3, -0.25) is 4.79 Å². The van der Waals surface area contributed by atoms with Gasteiger partial charge in [-0.1, -0.05) is 46.9 Å². The van der Waals surface area contributed by atoms with Gasteiger partial charge >= 0.3 is 0 Å². The molecule has 1 heterocycles. The van der Waals surface area contributed by atoms with E-state index in [9.17, 15) is 4.79 Å². The summed E-state index contributed by atoms with van der Waals surface area (Å²) in [6.45, 7) is 0. The third-order valence-corrected chi connectivity index (χ3v) is 5.11. The summed E-state index contributed by atoms with van der Waals surface area (Å²) in [6, 6.07) is 19.5. The van der Waals surface area contributed by atoms with Gasteiger partial charge in [0.15, 0.2) is 0 Å². The molecule has 7 heteroatoms. The third kappa shape index (κ3) is 4.46. The summed E-state index contributed by atoms with van der Waals surface area (Å²) in [7, 11) is 0. The van der Waals surface area contributed by atoms with Gasteiger partial charge in [-0.2, -0.15) is 0 Å². The van der Waals surface area contributed by atoms with Crippen LogP contribution in [0.3, 0.4) is 0 Å². The molecule has 4 aromatic rings. The Morgan fingerprint density at radius 1 is 0.862 bits per heavy atom. The SMILES string of the molecule is O=C(Nc1ccc(-c2cn(-c3ccc(Cl)cc3Cl)cn2)cc1)c1ccc(Cl)cc1. The van der Waals surface area contributed by atoms with Crippen LogP contribution in [0.4, 0.5) is 5.69 Å². The number of nitrogens with zero attached hydrogens (tertiary/aromatic N) is 2. The molecule has 3 aromatic carbocycles. The fraction of sp³-hybridized carbons (Fsp3) is 0. The molecule has 0 atom stereocenters. The van der Waals surface area contributed by atoms with Crippen LogP contribution in [0.25, 0.3) is 16.9 Å². The number of halogens is 3. The fourth-order valence-electron chi connectivity index (χ4n) is 2.82. The van der Waals surface area contributed by atoms with E-state index < -0.39 is 0 Å². The first-order valence-corrected chi connectivity index (χ1v) is 9.80. The molecular weight excluding hydrogens is 429 g/mol. The van der Waals surface area contributed by atoms with Crippen molar-refractivity contribution in [3.63, 3.8) is 0 Å². The lowest BCUT2D eigenvalue weighted by Gasteiger charge is -2.06. The van der Waals surface area contributed by atoms with Gasteiger partial charge < -0.3 is 9.88 Å². The quantitative estimate of drug-likeness (QED) is 0.380. The Hall–Kier alpha value is -2.79. The fourth-order valence-corrected chi connectivity index (χ4v) is 3.46. The molecule has 0 radical (unpaired) electrons. The van der Waals surface area contributed by atoms with Gasteiger partial charge in [-0.15, -0.1) is 0 Å². The van der Waals surface area contributed by atoms with E-state index in [0.717, 1.165) is 16.9 Å². The molecule has 4 rings (SSSR count). The number of nitrogens with one attached hydrogen (secondary N) is 1. The van der Waals surface area contributed by atoms with Gasteiger partial charge in [0.05, 0.1) is 22.7 Å². The second kappa shape index (κ2) is 8.29. The predicted octanol–water partition coefficient (Wildman–Crippen LogP) is 6.75. The number of imidazole rings is 1. The predicted molar refractivity (Wildman–Crippen MR) is 118 cm³/mol. The van der Waals surface area contributed by atoms with E-state index in [0.29, 0.717) is 26.3 Å². The minimum atomic E-state index is -0.198. The molecule has 0 saturated heterocycles. The lowest BCUT2D eigenvalue weighted by Crippen LogP contribution is -2.11. The van der Waals surface area contributed by atoms with Crippen LogP contribution in [0.2, 0.25) is 15.1 Å². The summed E-state index contributed by atoms with van der Waals surface area (Å²) in [4.78, 5) is 16.7. The van der Waals surface area contributed by atoms with Gasteiger partial charge in [-0.05, 0) is 54.6 Å². The van der Waals surface area contributed by atoms with Gasteiger partial charge in [0, 0.05) is 33.1 Å². The molecule has 144 valence electrons. The minimum Gasteiger partial charge on any atom is -0.322 e. The van der Waals surface area contributed by atoms with E-state index in [2.05, 4.69) is 10.3 Å². The molecule has 1 amide bonds. The van der Waals surface area contributed by atoms with Crippen molar-refractivity contribution >= 4 is 46.4 Å². The molecule has 0 unspecified atom stereocenters. The zero-order chi connectivity index (χ0) is 20.4. The summed E-state index contributed by atoms with van der Waals surface area (Å²) in [5.41, 5.74) is 3.72. The number of amides is 1. The lowest BCUT2D eigenvalue weighted by molar-refractivity contribution is 0.102. The van der Waals surface area contributed by atoms with E-state index >= 15 is 0 Å². The van der Waals surface area contributed by atoms with Crippen LogP contribution in [-0.4, -0.2) is 15.5 Å². The van der Waals surface area contributed by atoms with Gasteiger partial charge in [0.1, 0.15) is 0 Å². The van der Waals surface area contributed by atoms with Crippen molar-refractivity contribution in [1.82, 2.24) is 9.55 Å². The maximum atomic E-state index is 12.3. The summed E-state index contributed by atoms with van der Waals surface area (Å²) < 4.78 is 1.84. The molecule has 0 saturated carbocycles. The molecule has 1 aromatic heterocycles. The first-order valence-electron chi connectivity index (χ1n) is 8.66. The molecule has 0 aliphatic heterocycles. The van der Waals surface area contributed by atoms with Gasteiger partial charge in [-0.25, -0.2) is 4.98 Å². The topological polar surface area (TPSA) is 46.9 Å². The molecule has 1 N–H and O–H groups in total. The molecule has 0 aliphatic carbocycles. The third-order valence-electron chi connectivity index (χ3n) is 4.32. The Morgan fingerprint density at radius 2 is 1.55 bits per heavy atom. The van der Waals surface area contributed by atoms with Gasteiger partial charge in [0.2, 0.25) is 0 Å². The summed E-state index contributed by atoms with van der Waals surface area (Å²) >= 11 is 18.1. The van der Waals surface area contributed by atoms with E-state index in [1.165, 1.54) is 0 Å². The highest BCUT2D eigenvalue weighted by atomic mass is 35.5. The first-order chi connectivity index (χ1) is 14.0. The zero-order valence-corrected chi connectivity index (χ0v) is 17.2. The van der Waals surface area contributed by atoms with Crippen molar-refractivity contribution in [2.24, 2.45) is 0 Å². The number of hydrogen-bond donors (Lipinski definition) is 1. The number of hydrogen-bond acceptors (Lipinski definition) is 2. The summed E-state index contributed by atoms with van der Waals surface area (Å²) in [5.74, 6) is -0.198. The molecule has 0 fully saturated rings. The summed E-state index contributed by atoms with van der Waals surface area (Å²) in [6.07, 6.45) is 3.58. The van der Waals surface area contributed by atoms with E-state index in [1.54, 1.807) is 42.7 Å². The Morgan fingerprint density at radius 3 is 2.24 bits per heavy atom. The van der Waals surface area contributed by atoms with Crippen LogP contribution in [-0.2, 0) is 0 Å². The molecule has 29 heavy (non-hydrogen) atoms. The van der Waals surface area contributed by atoms with Crippen molar-refractivity contribution in [3.05, 3.63) is 99.9 Å². The number of carbonyl (C=O) groups excluding carboxylic acids is 1. The zero-order valence-electron chi connectivity index (χ0n) is 14.9. The number of carbonyl (C=O) groups is 1. The standard InChI is InChI=1S/C22H14Cl3N3O/c23-16-5-1-15(2-6-16)22(29)27-18-8-3-14(4-9-18)20-12-28(13-26-20)21-10-7-17(24)11-19(21)25/h1-13H,(H,27,29). The van der Waals surface area contributed by atoms with Crippen molar-refractivity contribution in [1.29, 1.82) is 0 Å². The van der Waals surface area contributed by atoms with E-state index in [1.807, 2.05) is 41.1 Å². The average molecular weight is 443 g/mol. The van der Waals surface area contributed by atoms with Crippen LogP contribution >= 0.6 is 34.8 Å². The van der Waals surface area contributed by atoms with Crippen LogP contribution in [0, 0.1) is 0 Å². The number of anilines is 1. The molecule has 4 nitrogen and oxygen atoms in total. The molecular formula is C22H14Cl3N3O.